The number of hydrogen-bond donors (Lipinski definition) is 1. The normalized spacial score (nSPS) is 25.7. The number of aryl methyl sites for hydroxylation is 1. The molecule has 29 heavy (non-hydrogen) atoms. The Morgan fingerprint density at radius 1 is 1.17 bits per heavy atom. The summed E-state index contributed by atoms with van der Waals surface area (Å²) in [6, 6.07) is 0.364. The lowest BCUT2D eigenvalue weighted by molar-refractivity contribution is 0.107. The first-order valence-electron chi connectivity index (χ1n) is 11.3. The van der Waals surface area contributed by atoms with Gasteiger partial charge < -0.3 is 19.8 Å². The fourth-order valence-electron chi connectivity index (χ4n) is 5.16. The Morgan fingerprint density at radius 2 is 2.00 bits per heavy atom. The molecule has 2 aliphatic rings. The summed E-state index contributed by atoms with van der Waals surface area (Å²) in [7, 11) is 1.73. The van der Waals surface area contributed by atoms with Crippen molar-refractivity contribution in [3.63, 3.8) is 0 Å². The third kappa shape index (κ3) is 4.82. The van der Waals surface area contributed by atoms with Crippen LogP contribution in [0.5, 0.6) is 6.01 Å². The maximum Gasteiger partial charge on any atom is 0.320 e. The summed E-state index contributed by atoms with van der Waals surface area (Å²) in [5, 5.41) is 0. The first-order chi connectivity index (χ1) is 14.1. The molecule has 0 aliphatic heterocycles. The van der Waals surface area contributed by atoms with Crippen molar-refractivity contribution in [3.05, 3.63) is 6.33 Å². The summed E-state index contributed by atoms with van der Waals surface area (Å²) >= 11 is 0. The van der Waals surface area contributed by atoms with Gasteiger partial charge in [0.1, 0.15) is 0 Å². The van der Waals surface area contributed by atoms with Crippen molar-refractivity contribution in [2.45, 2.75) is 77.4 Å². The number of hydrogen-bond acceptors (Lipinski definition) is 6. The molecular formula is C22H35N5O2. The van der Waals surface area contributed by atoms with E-state index < -0.39 is 0 Å². The van der Waals surface area contributed by atoms with Gasteiger partial charge >= 0.3 is 6.01 Å². The summed E-state index contributed by atoms with van der Waals surface area (Å²) in [6.45, 7) is 3.48. The van der Waals surface area contributed by atoms with Crippen LogP contribution in [0.25, 0.3) is 11.2 Å². The summed E-state index contributed by atoms with van der Waals surface area (Å²) in [6.07, 6.45) is 13.8. The molecular weight excluding hydrogens is 366 g/mol. The third-order valence-electron chi connectivity index (χ3n) is 7.05. The van der Waals surface area contributed by atoms with Crippen LogP contribution in [0, 0.1) is 17.8 Å². The fraction of sp³-hybridized carbons (Fsp3) is 0.773. The van der Waals surface area contributed by atoms with Gasteiger partial charge in [-0.15, -0.1) is 0 Å². The molecule has 0 radical (unpaired) electrons. The van der Waals surface area contributed by atoms with Crippen LogP contribution in [-0.2, 0) is 11.3 Å². The molecule has 2 aromatic heterocycles. The molecule has 4 unspecified atom stereocenters. The van der Waals surface area contributed by atoms with Gasteiger partial charge in [-0.1, -0.05) is 32.1 Å². The SMILES string of the molecule is COC(C)CCn1cnc2c(N)nc(OCCC3CCC4CCCCC4C3)nc21. The number of nitrogens with two attached hydrogens (primary N) is 1. The minimum Gasteiger partial charge on any atom is -0.463 e. The van der Waals surface area contributed by atoms with Gasteiger partial charge in [0.15, 0.2) is 17.0 Å². The second-order valence-corrected chi connectivity index (χ2v) is 8.96. The highest BCUT2D eigenvalue weighted by atomic mass is 16.5. The van der Waals surface area contributed by atoms with Gasteiger partial charge in [0.05, 0.1) is 19.0 Å². The second-order valence-electron chi connectivity index (χ2n) is 8.96. The molecule has 7 nitrogen and oxygen atoms in total. The van der Waals surface area contributed by atoms with Crippen LogP contribution in [0.15, 0.2) is 6.33 Å². The minimum absolute atomic E-state index is 0.182. The van der Waals surface area contributed by atoms with Gasteiger partial charge in [-0.05, 0) is 50.4 Å². The molecule has 2 heterocycles. The average molecular weight is 402 g/mol. The molecule has 4 rings (SSSR count). The van der Waals surface area contributed by atoms with E-state index in [-0.39, 0.29) is 6.10 Å². The molecule has 0 aromatic carbocycles. The largest absolute Gasteiger partial charge is 0.463 e. The predicted molar refractivity (Wildman–Crippen MR) is 114 cm³/mol. The number of fused-ring (bicyclic) bond motifs is 2. The highest BCUT2D eigenvalue weighted by Crippen LogP contribution is 2.43. The molecule has 0 amide bonds. The first-order valence-corrected chi connectivity index (χ1v) is 11.3. The van der Waals surface area contributed by atoms with Gasteiger partial charge in [0.25, 0.3) is 0 Å². The lowest BCUT2D eigenvalue weighted by Crippen LogP contribution is -2.28. The summed E-state index contributed by atoms with van der Waals surface area (Å²) < 4.78 is 13.3. The molecule has 2 aliphatic carbocycles. The minimum atomic E-state index is 0.182. The lowest BCUT2D eigenvalue weighted by Gasteiger charge is -2.39. The average Bonchev–Trinajstić information content (AvgIpc) is 3.15. The summed E-state index contributed by atoms with van der Waals surface area (Å²) in [5.74, 6) is 3.10. The van der Waals surface area contributed by atoms with Crippen molar-refractivity contribution >= 4 is 17.0 Å². The van der Waals surface area contributed by atoms with E-state index in [9.17, 15) is 0 Å². The molecule has 2 saturated carbocycles. The monoisotopic (exact) mass is 401 g/mol. The molecule has 0 bridgehead atoms. The van der Waals surface area contributed by atoms with Gasteiger partial charge in [0.2, 0.25) is 0 Å². The van der Waals surface area contributed by atoms with Crippen molar-refractivity contribution in [1.82, 2.24) is 19.5 Å². The van der Waals surface area contributed by atoms with E-state index in [0.29, 0.717) is 24.0 Å². The van der Waals surface area contributed by atoms with Gasteiger partial charge in [0, 0.05) is 13.7 Å². The zero-order valence-electron chi connectivity index (χ0n) is 17.8. The van der Waals surface area contributed by atoms with Gasteiger partial charge in [-0.25, -0.2) is 4.98 Å². The fourth-order valence-corrected chi connectivity index (χ4v) is 5.16. The summed E-state index contributed by atoms with van der Waals surface area (Å²) in [4.78, 5) is 13.3. The Hall–Kier alpha value is -1.89. The van der Waals surface area contributed by atoms with E-state index in [2.05, 4.69) is 21.9 Å². The zero-order valence-corrected chi connectivity index (χ0v) is 17.8. The van der Waals surface area contributed by atoms with Crippen molar-refractivity contribution in [1.29, 1.82) is 0 Å². The number of aromatic nitrogens is 4. The summed E-state index contributed by atoms with van der Waals surface area (Å²) in [5.41, 5.74) is 7.48. The van der Waals surface area contributed by atoms with Crippen LogP contribution in [0.4, 0.5) is 5.82 Å². The van der Waals surface area contributed by atoms with E-state index in [1.165, 1.54) is 44.9 Å². The van der Waals surface area contributed by atoms with Crippen LogP contribution >= 0.6 is 0 Å². The molecule has 160 valence electrons. The maximum absolute atomic E-state index is 6.11. The van der Waals surface area contributed by atoms with Crippen LogP contribution in [0.3, 0.4) is 0 Å². The molecule has 2 N–H and O–H groups in total. The Labute approximate surface area is 173 Å². The number of nitrogen functional groups attached to an aromatic ring is 1. The number of imidazole rings is 1. The Bertz CT molecular complexity index is 808. The highest BCUT2D eigenvalue weighted by Gasteiger charge is 2.31. The van der Waals surface area contributed by atoms with Crippen LogP contribution < -0.4 is 10.5 Å². The number of nitrogens with zero attached hydrogens (tertiary/aromatic N) is 4. The Balaban J connectivity index is 1.34. The Kier molecular flexibility index (Phi) is 6.53. The second kappa shape index (κ2) is 9.28. The van der Waals surface area contributed by atoms with E-state index in [4.69, 9.17) is 15.2 Å². The van der Waals surface area contributed by atoms with E-state index >= 15 is 0 Å². The molecule has 4 atom stereocenters. The van der Waals surface area contributed by atoms with Crippen LogP contribution in [0.2, 0.25) is 0 Å². The molecule has 2 fully saturated rings. The quantitative estimate of drug-likeness (QED) is 0.713. The van der Waals surface area contributed by atoms with Gasteiger partial charge in [-0.3, -0.25) is 0 Å². The van der Waals surface area contributed by atoms with Crippen molar-refractivity contribution in [2.24, 2.45) is 17.8 Å². The smallest absolute Gasteiger partial charge is 0.320 e. The van der Waals surface area contributed by atoms with E-state index in [1.54, 1.807) is 13.4 Å². The predicted octanol–water partition coefficient (Wildman–Crippen LogP) is 4.21. The topological polar surface area (TPSA) is 88.1 Å². The number of ether oxygens (including phenoxy) is 2. The zero-order chi connectivity index (χ0) is 20.2. The van der Waals surface area contributed by atoms with E-state index in [0.717, 1.165) is 42.8 Å². The molecule has 2 aromatic rings. The van der Waals surface area contributed by atoms with Gasteiger partial charge in [-0.2, -0.15) is 9.97 Å². The maximum atomic E-state index is 6.11. The number of anilines is 1. The first kappa shape index (κ1) is 20.4. The van der Waals surface area contributed by atoms with Crippen LogP contribution in [0.1, 0.15) is 64.7 Å². The Morgan fingerprint density at radius 3 is 2.83 bits per heavy atom. The molecule has 0 spiro atoms. The lowest BCUT2D eigenvalue weighted by atomic mass is 9.67. The van der Waals surface area contributed by atoms with Crippen LogP contribution in [-0.4, -0.2) is 39.3 Å². The highest BCUT2D eigenvalue weighted by molar-refractivity contribution is 5.81. The number of rotatable bonds is 8. The molecule has 7 heteroatoms. The third-order valence-corrected chi connectivity index (χ3v) is 7.05. The van der Waals surface area contributed by atoms with E-state index in [1.807, 2.05) is 4.57 Å². The standard InChI is InChI=1S/C22H35N5O2/c1-15(28-2)9-11-27-14-24-19-20(23)25-22(26-21(19)27)29-12-10-16-7-8-17-5-3-4-6-18(17)13-16/h14-18H,3-13H2,1-2H3,(H2,23,25,26). The number of methoxy groups -OCH3 is 1. The molecule has 0 saturated heterocycles. The van der Waals surface area contributed by atoms with Crippen molar-refractivity contribution in [2.75, 3.05) is 19.5 Å². The van der Waals surface area contributed by atoms with Crippen molar-refractivity contribution < 1.29 is 9.47 Å². The van der Waals surface area contributed by atoms with Crippen molar-refractivity contribution in [3.8, 4) is 6.01 Å².